The van der Waals surface area contributed by atoms with Crippen LogP contribution in [0.5, 0.6) is 0 Å². The summed E-state index contributed by atoms with van der Waals surface area (Å²) in [6.45, 7) is 2.98. The fourth-order valence-corrected chi connectivity index (χ4v) is 3.40. The Kier molecular flexibility index (Phi) is 12.5. The van der Waals surface area contributed by atoms with E-state index in [-0.39, 0.29) is 18.8 Å². The summed E-state index contributed by atoms with van der Waals surface area (Å²) in [6, 6.07) is -4.46. The molecule has 3 amide bonds. The quantitative estimate of drug-likeness (QED) is 0.156. The number of aliphatic carboxylic acids is 1. The number of hydrogen-bond acceptors (Lipinski definition) is 8. The highest BCUT2D eigenvalue weighted by molar-refractivity contribution is 7.98. The molecule has 0 radical (unpaired) electrons. The number of rotatable bonds is 15. The number of aromatic nitrogens is 2. The average molecular weight is 487 g/mol. The van der Waals surface area contributed by atoms with Crippen LogP contribution in [0.3, 0.4) is 0 Å². The van der Waals surface area contributed by atoms with E-state index in [9.17, 15) is 29.4 Å². The molecule has 1 aromatic rings. The van der Waals surface area contributed by atoms with Crippen LogP contribution in [0.25, 0.3) is 0 Å². The van der Waals surface area contributed by atoms with Gasteiger partial charge in [-0.1, -0.05) is 13.8 Å². The van der Waals surface area contributed by atoms with Crippen molar-refractivity contribution in [1.82, 2.24) is 25.9 Å². The van der Waals surface area contributed by atoms with E-state index in [4.69, 9.17) is 5.73 Å². The van der Waals surface area contributed by atoms with E-state index in [1.807, 2.05) is 20.1 Å². The molecular formula is C20H34N6O6S. The number of nitrogens with zero attached hydrogens (tertiary/aromatic N) is 1. The Morgan fingerprint density at radius 1 is 1.09 bits per heavy atom. The standard InChI is InChI=1S/C20H34N6O6S/c1-11(2)6-14(18(29)25-15(20(31)32)7-12-8-22-10-23-12)24-19(30)16(9-27)26-17(28)13(21)4-5-33-3/h8,10-11,13-16,27H,4-7,9,21H2,1-3H3,(H,22,23)(H,24,30)(H,25,29)(H,26,28)(H,31,32). The molecule has 0 saturated carbocycles. The minimum atomic E-state index is -1.31. The zero-order chi connectivity index (χ0) is 25.0. The molecule has 1 heterocycles. The number of thioether (sulfide) groups is 1. The number of H-pyrrole nitrogens is 1. The van der Waals surface area contributed by atoms with Crippen LogP contribution in [0.15, 0.2) is 12.5 Å². The second kappa shape index (κ2) is 14.5. The van der Waals surface area contributed by atoms with Gasteiger partial charge in [0.25, 0.3) is 0 Å². The monoisotopic (exact) mass is 486 g/mol. The van der Waals surface area contributed by atoms with E-state index in [1.165, 1.54) is 24.3 Å². The van der Waals surface area contributed by atoms with Gasteiger partial charge in [0.1, 0.15) is 18.1 Å². The summed E-state index contributed by atoms with van der Waals surface area (Å²) in [7, 11) is 0. The van der Waals surface area contributed by atoms with E-state index in [0.717, 1.165) is 0 Å². The molecule has 0 saturated heterocycles. The van der Waals surface area contributed by atoms with Gasteiger partial charge in [-0.2, -0.15) is 11.8 Å². The lowest BCUT2D eigenvalue weighted by atomic mass is 10.0. The zero-order valence-electron chi connectivity index (χ0n) is 19.0. The van der Waals surface area contributed by atoms with Gasteiger partial charge in [0.15, 0.2) is 0 Å². The van der Waals surface area contributed by atoms with Crippen molar-refractivity contribution >= 4 is 35.5 Å². The molecule has 13 heteroatoms. The van der Waals surface area contributed by atoms with E-state index in [2.05, 4.69) is 25.9 Å². The third-order valence-corrected chi connectivity index (χ3v) is 5.36. The van der Waals surface area contributed by atoms with E-state index in [1.54, 1.807) is 0 Å². The average Bonchev–Trinajstić information content (AvgIpc) is 3.27. The second-order valence-corrected chi connectivity index (χ2v) is 8.99. The molecule has 0 aromatic carbocycles. The molecule has 186 valence electrons. The number of carboxylic acids is 1. The van der Waals surface area contributed by atoms with Crippen molar-refractivity contribution in [2.24, 2.45) is 11.7 Å². The highest BCUT2D eigenvalue weighted by Gasteiger charge is 2.30. The Balaban J connectivity index is 2.84. The fourth-order valence-electron chi connectivity index (χ4n) is 2.91. The summed E-state index contributed by atoms with van der Waals surface area (Å²) in [5.41, 5.74) is 6.32. The molecule has 1 aromatic heterocycles. The van der Waals surface area contributed by atoms with Crippen molar-refractivity contribution < 1.29 is 29.4 Å². The van der Waals surface area contributed by atoms with Gasteiger partial charge < -0.3 is 36.9 Å². The third kappa shape index (κ3) is 10.2. The van der Waals surface area contributed by atoms with Crippen LogP contribution in [-0.4, -0.2) is 86.7 Å². The van der Waals surface area contributed by atoms with Crippen LogP contribution in [0.4, 0.5) is 0 Å². The van der Waals surface area contributed by atoms with Crippen LogP contribution in [-0.2, 0) is 25.6 Å². The number of carbonyl (C=O) groups is 4. The number of carbonyl (C=O) groups excluding carboxylic acids is 3. The van der Waals surface area contributed by atoms with Gasteiger partial charge in [-0.05, 0) is 30.8 Å². The first-order valence-corrected chi connectivity index (χ1v) is 11.9. The first-order valence-electron chi connectivity index (χ1n) is 10.6. The molecule has 12 nitrogen and oxygen atoms in total. The first kappa shape index (κ1) is 28.4. The molecule has 4 atom stereocenters. The summed E-state index contributed by atoms with van der Waals surface area (Å²) in [6.07, 6.45) is 5.32. The Morgan fingerprint density at radius 2 is 1.70 bits per heavy atom. The number of nitrogens with two attached hydrogens (primary N) is 1. The number of aliphatic hydroxyl groups excluding tert-OH is 1. The van der Waals surface area contributed by atoms with Gasteiger partial charge in [-0.3, -0.25) is 14.4 Å². The first-order chi connectivity index (χ1) is 15.6. The van der Waals surface area contributed by atoms with Crippen LogP contribution >= 0.6 is 11.8 Å². The predicted molar refractivity (Wildman–Crippen MR) is 123 cm³/mol. The largest absolute Gasteiger partial charge is 0.480 e. The van der Waals surface area contributed by atoms with Crippen molar-refractivity contribution in [3.8, 4) is 0 Å². The number of nitrogens with one attached hydrogen (secondary N) is 4. The number of amides is 3. The van der Waals surface area contributed by atoms with E-state index < -0.39 is 54.5 Å². The number of carboxylic acid groups (broad SMARTS) is 1. The van der Waals surface area contributed by atoms with Gasteiger partial charge in [0.2, 0.25) is 17.7 Å². The normalized spacial score (nSPS) is 14.7. The third-order valence-electron chi connectivity index (χ3n) is 4.72. The maximum atomic E-state index is 12.8. The Bertz CT molecular complexity index is 775. The lowest BCUT2D eigenvalue weighted by Crippen LogP contribution is -2.58. The maximum absolute atomic E-state index is 12.8. The number of hydrogen-bond donors (Lipinski definition) is 7. The Hall–Kier alpha value is -2.64. The van der Waals surface area contributed by atoms with Crippen molar-refractivity contribution in [3.05, 3.63) is 18.2 Å². The van der Waals surface area contributed by atoms with Crippen molar-refractivity contribution in [3.63, 3.8) is 0 Å². The number of imidazole rings is 1. The van der Waals surface area contributed by atoms with Crippen LogP contribution in [0.2, 0.25) is 0 Å². The zero-order valence-corrected chi connectivity index (χ0v) is 19.9. The molecule has 0 fully saturated rings. The summed E-state index contributed by atoms with van der Waals surface area (Å²) >= 11 is 1.52. The van der Waals surface area contributed by atoms with Gasteiger partial charge in [0, 0.05) is 18.3 Å². The van der Waals surface area contributed by atoms with Gasteiger partial charge in [-0.15, -0.1) is 0 Å². The SMILES string of the molecule is CSCCC(N)C(=O)NC(CO)C(=O)NC(CC(C)C)C(=O)NC(Cc1cnc[nH]1)C(=O)O. The number of aromatic amines is 1. The molecule has 4 unspecified atom stereocenters. The molecule has 0 aliphatic carbocycles. The second-order valence-electron chi connectivity index (χ2n) is 8.00. The highest BCUT2D eigenvalue weighted by atomic mass is 32.2. The van der Waals surface area contributed by atoms with Crippen molar-refractivity contribution in [1.29, 1.82) is 0 Å². The summed E-state index contributed by atoms with van der Waals surface area (Å²) in [5, 5.41) is 26.4. The van der Waals surface area contributed by atoms with Crippen LogP contribution in [0.1, 0.15) is 32.4 Å². The minimum Gasteiger partial charge on any atom is -0.480 e. The van der Waals surface area contributed by atoms with Gasteiger partial charge in [0.05, 0.1) is 19.0 Å². The summed E-state index contributed by atoms with van der Waals surface area (Å²) < 4.78 is 0. The molecule has 0 aliphatic rings. The topological polar surface area (TPSA) is 200 Å². The predicted octanol–water partition coefficient (Wildman–Crippen LogP) is -1.39. The van der Waals surface area contributed by atoms with E-state index in [0.29, 0.717) is 17.9 Å². The lowest BCUT2D eigenvalue weighted by Gasteiger charge is -2.25. The molecule has 8 N–H and O–H groups in total. The number of aliphatic hydroxyl groups is 1. The molecule has 1 rings (SSSR count). The molecular weight excluding hydrogens is 452 g/mol. The molecule has 0 bridgehead atoms. The van der Waals surface area contributed by atoms with Crippen molar-refractivity contribution in [2.75, 3.05) is 18.6 Å². The van der Waals surface area contributed by atoms with Crippen molar-refractivity contribution in [2.45, 2.75) is 57.3 Å². The summed E-state index contributed by atoms with van der Waals surface area (Å²) in [4.78, 5) is 55.9. The smallest absolute Gasteiger partial charge is 0.326 e. The highest BCUT2D eigenvalue weighted by Crippen LogP contribution is 2.08. The van der Waals surface area contributed by atoms with Gasteiger partial charge in [-0.25, -0.2) is 9.78 Å². The lowest BCUT2D eigenvalue weighted by molar-refractivity contribution is -0.142. The van der Waals surface area contributed by atoms with Crippen LogP contribution in [0, 0.1) is 5.92 Å². The maximum Gasteiger partial charge on any atom is 0.326 e. The fraction of sp³-hybridized carbons (Fsp3) is 0.650. The van der Waals surface area contributed by atoms with Gasteiger partial charge >= 0.3 is 5.97 Å². The Morgan fingerprint density at radius 3 is 2.21 bits per heavy atom. The molecule has 0 aliphatic heterocycles. The van der Waals surface area contributed by atoms with Crippen LogP contribution < -0.4 is 21.7 Å². The molecule has 33 heavy (non-hydrogen) atoms. The van der Waals surface area contributed by atoms with E-state index >= 15 is 0 Å². The Labute approximate surface area is 196 Å². The minimum absolute atomic E-state index is 0.0148. The molecule has 0 spiro atoms. The summed E-state index contributed by atoms with van der Waals surface area (Å²) in [5.74, 6) is -2.65.